The molecule has 0 radical (unpaired) electrons. The van der Waals surface area contributed by atoms with Gasteiger partial charge in [0.05, 0.1) is 0 Å². The summed E-state index contributed by atoms with van der Waals surface area (Å²) in [5.41, 5.74) is 0. The first-order chi connectivity index (χ1) is 6.26. The van der Waals surface area contributed by atoms with Crippen molar-refractivity contribution in [1.29, 1.82) is 0 Å². The molecule has 0 fully saturated rings. The maximum atomic E-state index is 2.63. The predicted octanol–water partition coefficient (Wildman–Crippen LogP) is 3.69. The number of rotatable bonds is 8. The van der Waals surface area contributed by atoms with Crippen LogP contribution in [0.5, 0.6) is 0 Å². The van der Waals surface area contributed by atoms with Crippen LogP contribution in [-0.4, -0.2) is 24.0 Å². The Morgan fingerprint density at radius 1 is 0.923 bits per heavy atom. The monoisotopic (exact) mass is 185 g/mol. The number of unbranched alkanes of at least 4 members (excludes halogenated alkanes) is 1. The van der Waals surface area contributed by atoms with Gasteiger partial charge in [0, 0.05) is 6.04 Å². The molecular weight excluding hydrogens is 158 g/mol. The van der Waals surface area contributed by atoms with Crippen LogP contribution in [0.15, 0.2) is 0 Å². The van der Waals surface area contributed by atoms with Crippen LogP contribution < -0.4 is 0 Å². The van der Waals surface area contributed by atoms with Crippen LogP contribution in [0.25, 0.3) is 0 Å². The summed E-state index contributed by atoms with van der Waals surface area (Å²) in [6, 6.07) is 0.792. The second-order valence-corrected chi connectivity index (χ2v) is 4.03. The average Bonchev–Trinajstić information content (AvgIpc) is 2.14. The Morgan fingerprint density at radius 2 is 1.46 bits per heavy atom. The molecule has 0 aliphatic rings. The first kappa shape index (κ1) is 13.0. The molecule has 0 saturated heterocycles. The van der Waals surface area contributed by atoms with Crippen LogP contribution in [0.2, 0.25) is 0 Å². The van der Waals surface area contributed by atoms with Gasteiger partial charge in [0.25, 0.3) is 0 Å². The van der Waals surface area contributed by atoms with Gasteiger partial charge in [0.2, 0.25) is 0 Å². The second-order valence-electron chi connectivity index (χ2n) is 4.03. The van der Waals surface area contributed by atoms with Gasteiger partial charge in [-0.25, -0.2) is 0 Å². The third-order valence-electron chi connectivity index (χ3n) is 2.62. The Kier molecular flexibility index (Phi) is 8.53. The maximum Gasteiger partial charge on any atom is 0.00669 e. The molecule has 1 heteroatoms. The summed E-state index contributed by atoms with van der Waals surface area (Å²) in [6.45, 7) is 11.7. The zero-order valence-corrected chi connectivity index (χ0v) is 9.97. The Morgan fingerprint density at radius 3 is 1.85 bits per heavy atom. The average molecular weight is 185 g/mol. The maximum absolute atomic E-state index is 2.63. The summed E-state index contributed by atoms with van der Waals surface area (Å²) in [6.07, 6.45) is 6.66. The van der Waals surface area contributed by atoms with Crippen LogP contribution in [0, 0.1) is 0 Å². The van der Waals surface area contributed by atoms with E-state index in [9.17, 15) is 0 Å². The zero-order valence-electron chi connectivity index (χ0n) is 9.97. The summed E-state index contributed by atoms with van der Waals surface area (Å²) in [5, 5.41) is 0. The van der Waals surface area contributed by atoms with Gasteiger partial charge in [-0.1, -0.05) is 33.6 Å². The lowest BCUT2D eigenvalue weighted by Crippen LogP contribution is -2.34. The van der Waals surface area contributed by atoms with E-state index in [1.54, 1.807) is 0 Å². The van der Waals surface area contributed by atoms with Gasteiger partial charge < -0.3 is 4.90 Å². The fraction of sp³-hybridized carbons (Fsp3) is 1.00. The van der Waals surface area contributed by atoms with Crippen molar-refractivity contribution in [3.63, 3.8) is 0 Å². The van der Waals surface area contributed by atoms with E-state index in [4.69, 9.17) is 0 Å². The van der Waals surface area contributed by atoms with Crippen LogP contribution in [-0.2, 0) is 0 Å². The Hall–Kier alpha value is -0.0400. The highest BCUT2D eigenvalue weighted by molar-refractivity contribution is 4.66. The van der Waals surface area contributed by atoms with Crippen LogP contribution in [0.1, 0.15) is 59.8 Å². The minimum Gasteiger partial charge on any atom is -0.301 e. The van der Waals surface area contributed by atoms with Crippen molar-refractivity contribution < 1.29 is 0 Å². The molecule has 0 N–H and O–H groups in total. The van der Waals surface area contributed by atoms with Gasteiger partial charge in [0.15, 0.2) is 0 Å². The molecular formula is C12H27N. The molecule has 0 spiro atoms. The predicted molar refractivity (Wildman–Crippen MR) is 61.1 cm³/mol. The summed E-state index contributed by atoms with van der Waals surface area (Å²) >= 11 is 0. The third kappa shape index (κ3) is 6.09. The molecule has 0 heterocycles. The fourth-order valence-electron chi connectivity index (χ4n) is 1.81. The molecule has 0 aliphatic heterocycles. The highest BCUT2D eigenvalue weighted by atomic mass is 15.1. The molecule has 0 aliphatic carbocycles. The van der Waals surface area contributed by atoms with Crippen molar-refractivity contribution in [3.8, 4) is 0 Å². The largest absolute Gasteiger partial charge is 0.301 e. The highest BCUT2D eigenvalue weighted by Gasteiger charge is 2.10. The minimum atomic E-state index is 0.792. The molecule has 0 saturated carbocycles. The Balaban J connectivity index is 3.72. The summed E-state index contributed by atoms with van der Waals surface area (Å²) < 4.78 is 0. The Bertz CT molecular complexity index is 95.3. The molecule has 0 amide bonds. The lowest BCUT2D eigenvalue weighted by atomic mass is 10.1. The van der Waals surface area contributed by atoms with Gasteiger partial charge in [-0.3, -0.25) is 0 Å². The van der Waals surface area contributed by atoms with Crippen molar-refractivity contribution in [2.24, 2.45) is 0 Å². The summed E-state index contributed by atoms with van der Waals surface area (Å²) in [5.74, 6) is 0. The first-order valence-corrected chi connectivity index (χ1v) is 6.00. The highest BCUT2D eigenvalue weighted by Crippen LogP contribution is 2.09. The molecule has 0 aromatic rings. The van der Waals surface area contributed by atoms with Crippen LogP contribution in [0.3, 0.4) is 0 Å². The van der Waals surface area contributed by atoms with E-state index in [-0.39, 0.29) is 0 Å². The van der Waals surface area contributed by atoms with E-state index < -0.39 is 0 Å². The van der Waals surface area contributed by atoms with Crippen molar-refractivity contribution >= 4 is 0 Å². The standard InChI is InChI=1S/C12H27N/c1-5-8-9-12(4)13(10-6-2)11-7-3/h12H,5-11H2,1-4H3. The summed E-state index contributed by atoms with van der Waals surface area (Å²) in [7, 11) is 0. The van der Waals surface area contributed by atoms with Crippen molar-refractivity contribution in [1.82, 2.24) is 4.90 Å². The SMILES string of the molecule is CCCCC(C)N(CCC)CCC. The van der Waals surface area contributed by atoms with Gasteiger partial charge >= 0.3 is 0 Å². The van der Waals surface area contributed by atoms with E-state index in [0.29, 0.717) is 0 Å². The Labute approximate surface area is 84.5 Å². The first-order valence-electron chi connectivity index (χ1n) is 6.00. The lowest BCUT2D eigenvalue weighted by molar-refractivity contribution is 0.197. The zero-order chi connectivity index (χ0) is 10.1. The molecule has 1 unspecified atom stereocenters. The van der Waals surface area contributed by atoms with E-state index in [1.807, 2.05) is 0 Å². The van der Waals surface area contributed by atoms with Gasteiger partial charge in [-0.05, 0) is 39.3 Å². The molecule has 1 atom stereocenters. The molecule has 1 nitrogen and oxygen atoms in total. The number of hydrogen-bond donors (Lipinski definition) is 0. The molecule has 0 aromatic carbocycles. The minimum absolute atomic E-state index is 0.792. The van der Waals surface area contributed by atoms with Crippen molar-refractivity contribution in [3.05, 3.63) is 0 Å². The quantitative estimate of drug-likeness (QED) is 0.557. The molecule has 13 heavy (non-hydrogen) atoms. The number of hydrogen-bond acceptors (Lipinski definition) is 1. The number of nitrogens with zero attached hydrogens (tertiary/aromatic N) is 1. The van der Waals surface area contributed by atoms with Crippen molar-refractivity contribution in [2.75, 3.05) is 13.1 Å². The molecule has 0 bridgehead atoms. The fourth-order valence-corrected chi connectivity index (χ4v) is 1.81. The van der Waals surface area contributed by atoms with Crippen molar-refractivity contribution in [2.45, 2.75) is 65.8 Å². The molecule has 0 aromatic heterocycles. The third-order valence-corrected chi connectivity index (χ3v) is 2.62. The van der Waals surface area contributed by atoms with Gasteiger partial charge in [-0.15, -0.1) is 0 Å². The topological polar surface area (TPSA) is 3.24 Å². The smallest absolute Gasteiger partial charge is 0.00669 e. The van der Waals surface area contributed by atoms with E-state index in [0.717, 1.165) is 6.04 Å². The van der Waals surface area contributed by atoms with E-state index in [2.05, 4.69) is 32.6 Å². The summed E-state index contributed by atoms with van der Waals surface area (Å²) in [4.78, 5) is 2.63. The molecule has 80 valence electrons. The second kappa shape index (κ2) is 8.55. The van der Waals surface area contributed by atoms with E-state index >= 15 is 0 Å². The van der Waals surface area contributed by atoms with Gasteiger partial charge in [0.1, 0.15) is 0 Å². The van der Waals surface area contributed by atoms with E-state index in [1.165, 1.54) is 45.2 Å². The normalized spacial score (nSPS) is 13.6. The molecule has 0 rings (SSSR count). The lowest BCUT2D eigenvalue weighted by Gasteiger charge is -2.28. The van der Waals surface area contributed by atoms with Crippen LogP contribution >= 0.6 is 0 Å². The van der Waals surface area contributed by atoms with Crippen LogP contribution in [0.4, 0.5) is 0 Å². The van der Waals surface area contributed by atoms with Gasteiger partial charge in [-0.2, -0.15) is 0 Å².